The van der Waals surface area contributed by atoms with Crippen LogP contribution in [0.15, 0.2) is 0 Å². The summed E-state index contributed by atoms with van der Waals surface area (Å²) < 4.78 is 6.00. The first-order valence-electron chi connectivity index (χ1n) is 7.44. The van der Waals surface area contributed by atoms with Crippen LogP contribution in [0.25, 0.3) is 0 Å². The minimum absolute atomic E-state index is 0.208. The summed E-state index contributed by atoms with van der Waals surface area (Å²) in [6.45, 7) is 9.26. The van der Waals surface area contributed by atoms with E-state index in [0.29, 0.717) is 5.92 Å². The lowest BCUT2D eigenvalue weighted by molar-refractivity contribution is 0.199. The van der Waals surface area contributed by atoms with Crippen molar-refractivity contribution in [2.75, 3.05) is 11.9 Å². The van der Waals surface area contributed by atoms with Gasteiger partial charge in [-0.1, -0.05) is 13.3 Å². The molecule has 0 saturated heterocycles. The number of anilines is 1. The van der Waals surface area contributed by atoms with E-state index >= 15 is 0 Å². The zero-order valence-corrected chi connectivity index (χ0v) is 12.5. The molecule has 0 aromatic carbocycles. The van der Waals surface area contributed by atoms with Crippen LogP contribution in [0, 0.1) is 6.92 Å². The Balaban J connectivity index is 2.23. The number of rotatable bonds is 7. The molecule has 1 N–H and O–H groups in total. The summed E-state index contributed by atoms with van der Waals surface area (Å²) in [4.78, 5) is 9.26. The highest BCUT2D eigenvalue weighted by molar-refractivity contribution is 5.49. The van der Waals surface area contributed by atoms with Crippen molar-refractivity contribution in [2.45, 2.75) is 65.4 Å². The average molecular weight is 263 g/mol. The Bertz CT molecular complexity index is 430. The van der Waals surface area contributed by atoms with Gasteiger partial charge in [0, 0.05) is 12.5 Å². The molecule has 0 spiro atoms. The Morgan fingerprint density at radius 1 is 1.32 bits per heavy atom. The zero-order valence-electron chi connectivity index (χ0n) is 12.5. The summed E-state index contributed by atoms with van der Waals surface area (Å²) >= 11 is 0. The van der Waals surface area contributed by atoms with Crippen molar-refractivity contribution >= 4 is 5.82 Å². The third kappa shape index (κ3) is 3.58. The third-order valence-corrected chi connectivity index (χ3v) is 3.41. The van der Waals surface area contributed by atoms with Gasteiger partial charge in [-0.25, -0.2) is 4.98 Å². The topological polar surface area (TPSA) is 47.0 Å². The lowest BCUT2D eigenvalue weighted by atomic mass is 10.2. The maximum atomic E-state index is 6.00. The molecular formula is C15H25N3O. The summed E-state index contributed by atoms with van der Waals surface area (Å²) in [5, 5.41) is 3.31. The van der Waals surface area contributed by atoms with Crippen molar-refractivity contribution in [1.82, 2.24) is 9.97 Å². The maximum Gasteiger partial charge on any atom is 0.222 e. The van der Waals surface area contributed by atoms with Gasteiger partial charge in [-0.05, 0) is 40.0 Å². The Morgan fingerprint density at radius 2 is 2.05 bits per heavy atom. The summed E-state index contributed by atoms with van der Waals surface area (Å²) in [5.41, 5.74) is 1.02. The van der Waals surface area contributed by atoms with Crippen LogP contribution in [0.5, 0.6) is 5.88 Å². The fourth-order valence-corrected chi connectivity index (χ4v) is 2.15. The first-order chi connectivity index (χ1) is 9.15. The number of hydrogen-bond acceptors (Lipinski definition) is 4. The fourth-order valence-electron chi connectivity index (χ4n) is 2.15. The highest BCUT2D eigenvalue weighted by Gasteiger charge is 2.28. The molecule has 19 heavy (non-hydrogen) atoms. The molecule has 1 aliphatic carbocycles. The number of nitrogens with zero attached hydrogens (tertiary/aromatic N) is 2. The van der Waals surface area contributed by atoms with Crippen LogP contribution < -0.4 is 10.1 Å². The molecule has 1 aliphatic rings. The SMILES string of the molecule is CCCC(C)Oc1nc(C2CC2)nc(NCC)c1C. The van der Waals surface area contributed by atoms with Crippen molar-refractivity contribution in [1.29, 1.82) is 0 Å². The molecule has 4 heteroatoms. The number of aromatic nitrogens is 2. The second kappa shape index (κ2) is 6.22. The van der Waals surface area contributed by atoms with Crippen molar-refractivity contribution in [3.63, 3.8) is 0 Å². The van der Waals surface area contributed by atoms with Gasteiger partial charge in [0.2, 0.25) is 5.88 Å². The normalized spacial score (nSPS) is 16.2. The summed E-state index contributed by atoms with van der Waals surface area (Å²) in [5.74, 6) is 3.17. The van der Waals surface area contributed by atoms with Crippen molar-refractivity contribution < 1.29 is 4.74 Å². The van der Waals surface area contributed by atoms with Gasteiger partial charge >= 0.3 is 0 Å². The predicted octanol–water partition coefficient (Wildman–Crippen LogP) is 3.66. The molecule has 1 fully saturated rings. The molecular weight excluding hydrogens is 238 g/mol. The predicted molar refractivity (Wildman–Crippen MR) is 77.9 cm³/mol. The smallest absolute Gasteiger partial charge is 0.222 e. The lowest BCUT2D eigenvalue weighted by Crippen LogP contribution is -2.15. The van der Waals surface area contributed by atoms with E-state index in [1.807, 2.05) is 6.92 Å². The van der Waals surface area contributed by atoms with E-state index in [4.69, 9.17) is 4.74 Å². The van der Waals surface area contributed by atoms with E-state index in [2.05, 4.69) is 36.1 Å². The lowest BCUT2D eigenvalue weighted by Gasteiger charge is -2.17. The molecule has 1 aromatic heterocycles. The molecule has 4 nitrogen and oxygen atoms in total. The average Bonchev–Trinajstić information content (AvgIpc) is 3.18. The van der Waals surface area contributed by atoms with E-state index in [1.54, 1.807) is 0 Å². The molecule has 1 saturated carbocycles. The van der Waals surface area contributed by atoms with E-state index in [-0.39, 0.29) is 6.10 Å². The molecule has 0 radical (unpaired) electrons. The Labute approximate surface area is 116 Å². The highest BCUT2D eigenvalue weighted by Crippen LogP contribution is 2.40. The minimum atomic E-state index is 0.208. The molecule has 0 bridgehead atoms. The number of nitrogens with one attached hydrogen (secondary N) is 1. The van der Waals surface area contributed by atoms with Crippen molar-refractivity contribution in [3.05, 3.63) is 11.4 Å². The second-order valence-corrected chi connectivity index (χ2v) is 5.38. The van der Waals surface area contributed by atoms with E-state index in [9.17, 15) is 0 Å². The van der Waals surface area contributed by atoms with Gasteiger partial charge in [-0.2, -0.15) is 4.98 Å². The van der Waals surface area contributed by atoms with Crippen LogP contribution in [0.4, 0.5) is 5.82 Å². The van der Waals surface area contributed by atoms with E-state index in [1.165, 1.54) is 12.8 Å². The van der Waals surface area contributed by atoms with Crippen LogP contribution in [0.2, 0.25) is 0 Å². The van der Waals surface area contributed by atoms with Gasteiger partial charge in [-0.15, -0.1) is 0 Å². The van der Waals surface area contributed by atoms with Crippen molar-refractivity contribution in [2.24, 2.45) is 0 Å². The van der Waals surface area contributed by atoms with Gasteiger partial charge in [0.15, 0.2) is 0 Å². The van der Waals surface area contributed by atoms with Crippen LogP contribution in [-0.4, -0.2) is 22.6 Å². The molecule has 1 atom stereocenters. The number of ether oxygens (including phenoxy) is 1. The Kier molecular flexibility index (Phi) is 4.61. The highest BCUT2D eigenvalue weighted by atomic mass is 16.5. The minimum Gasteiger partial charge on any atom is -0.474 e. The van der Waals surface area contributed by atoms with Crippen LogP contribution >= 0.6 is 0 Å². The summed E-state index contributed by atoms with van der Waals surface area (Å²) in [6, 6.07) is 0. The first kappa shape index (κ1) is 14.1. The van der Waals surface area contributed by atoms with Gasteiger partial charge in [0.05, 0.1) is 11.7 Å². The second-order valence-electron chi connectivity index (χ2n) is 5.38. The molecule has 1 unspecified atom stereocenters. The summed E-state index contributed by atoms with van der Waals surface area (Å²) in [7, 11) is 0. The van der Waals surface area contributed by atoms with Gasteiger partial charge in [-0.3, -0.25) is 0 Å². The standard InChI is InChI=1S/C15H25N3O/c1-5-7-10(3)19-15-11(4)13(16-6-2)17-14(18-15)12-8-9-12/h10,12H,5-9H2,1-4H3,(H,16,17,18). The molecule has 2 rings (SSSR count). The molecule has 1 aromatic rings. The quantitative estimate of drug-likeness (QED) is 0.815. The molecule has 106 valence electrons. The fraction of sp³-hybridized carbons (Fsp3) is 0.733. The molecule has 0 aliphatic heterocycles. The largest absolute Gasteiger partial charge is 0.474 e. The monoisotopic (exact) mass is 263 g/mol. The van der Waals surface area contributed by atoms with Gasteiger partial charge < -0.3 is 10.1 Å². The van der Waals surface area contributed by atoms with Crippen LogP contribution in [0.1, 0.15) is 63.8 Å². The Hall–Kier alpha value is -1.32. The van der Waals surface area contributed by atoms with E-state index < -0.39 is 0 Å². The van der Waals surface area contributed by atoms with Crippen LogP contribution in [0.3, 0.4) is 0 Å². The maximum absolute atomic E-state index is 6.00. The van der Waals surface area contributed by atoms with Crippen molar-refractivity contribution in [3.8, 4) is 5.88 Å². The van der Waals surface area contributed by atoms with E-state index in [0.717, 1.165) is 42.5 Å². The van der Waals surface area contributed by atoms with Gasteiger partial charge in [0.25, 0.3) is 0 Å². The van der Waals surface area contributed by atoms with Crippen LogP contribution in [-0.2, 0) is 0 Å². The third-order valence-electron chi connectivity index (χ3n) is 3.41. The Morgan fingerprint density at radius 3 is 2.63 bits per heavy atom. The molecule has 1 heterocycles. The molecule has 0 amide bonds. The zero-order chi connectivity index (χ0) is 13.8. The summed E-state index contributed by atoms with van der Waals surface area (Å²) in [6.07, 6.45) is 4.80. The first-order valence-corrected chi connectivity index (χ1v) is 7.44. The number of hydrogen-bond donors (Lipinski definition) is 1. The van der Waals surface area contributed by atoms with Gasteiger partial charge in [0.1, 0.15) is 11.6 Å².